The van der Waals surface area contributed by atoms with Crippen molar-refractivity contribution in [2.45, 2.75) is 51.1 Å². The molecule has 1 amide bonds. The predicted octanol–water partition coefficient (Wildman–Crippen LogP) is 0.729. The van der Waals surface area contributed by atoms with Crippen molar-refractivity contribution < 1.29 is 4.79 Å². The van der Waals surface area contributed by atoms with Crippen molar-refractivity contribution in [2.75, 3.05) is 26.2 Å². The van der Waals surface area contributed by atoms with E-state index >= 15 is 0 Å². The van der Waals surface area contributed by atoms with Crippen molar-refractivity contribution in [3.05, 3.63) is 0 Å². The van der Waals surface area contributed by atoms with Crippen molar-refractivity contribution in [3.8, 4) is 0 Å². The molecule has 0 bridgehead atoms. The van der Waals surface area contributed by atoms with Crippen LogP contribution in [0.3, 0.4) is 0 Å². The minimum absolute atomic E-state index is 0.163. The maximum atomic E-state index is 11.8. The highest BCUT2D eigenvalue weighted by molar-refractivity contribution is 5.78. The fraction of sp³-hybridized carbons (Fsp3) is 0.923. The summed E-state index contributed by atoms with van der Waals surface area (Å²) in [4.78, 5) is 14.3. The van der Waals surface area contributed by atoms with E-state index in [0.29, 0.717) is 18.6 Å². The van der Waals surface area contributed by atoms with Crippen LogP contribution in [0.2, 0.25) is 0 Å². The van der Waals surface area contributed by atoms with Crippen LogP contribution in [-0.4, -0.2) is 49.1 Å². The fourth-order valence-electron chi connectivity index (χ4n) is 3.05. The minimum atomic E-state index is 0.163. The molecule has 2 unspecified atom stereocenters. The molecule has 0 aromatic rings. The van der Waals surface area contributed by atoms with Gasteiger partial charge in [-0.05, 0) is 38.8 Å². The SMILES string of the molecule is CCCNCC(=O)NC1CCN2CCCCC12. The molecular weight excluding hydrogens is 214 g/mol. The van der Waals surface area contributed by atoms with E-state index < -0.39 is 0 Å². The van der Waals surface area contributed by atoms with Crippen LogP contribution in [0.1, 0.15) is 39.0 Å². The monoisotopic (exact) mass is 239 g/mol. The van der Waals surface area contributed by atoms with E-state index in [4.69, 9.17) is 0 Å². The summed E-state index contributed by atoms with van der Waals surface area (Å²) >= 11 is 0. The van der Waals surface area contributed by atoms with Crippen LogP contribution >= 0.6 is 0 Å². The van der Waals surface area contributed by atoms with Gasteiger partial charge in [0.05, 0.1) is 6.54 Å². The molecule has 0 aromatic heterocycles. The third kappa shape index (κ3) is 3.42. The number of carbonyl (C=O) groups is 1. The van der Waals surface area contributed by atoms with Crippen molar-refractivity contribution >= 4 is 5.91 Å². The van der Waals surface area contributed by atoms with Crippen molar-refractivity contribution in [1.82, 2.24) is 15.5 Å². The average Bonchev–Trinajstić information content (AvgIpc) is 2.73. The quantitative estimate of drug-likeness (QED) is 0.695. The van der Waals surface area contributed by atoms with Gasteiger partial charge in [0.2, 0.25) is 5.91 Å². The molecule has 0 aliphatic carbocycles. The van der Waals surface area contributed by atoms with Gasteiger partial charge in [0.15, 0.2) is 0 Å². The number of hydrogen-bond donors (Lipinski definition) is 2. The van der Waals surface area contributed by atoms with Gasteiger partial charge in [0, 0.05) is 18.6 Å². The average molecular weight is 239 g/mol. The lowest BCUT2D eigenvalue weighted by atomic mass is 9.99. The highest BCUT2D eigenvalue weighted by Crippen LogP contribution is 2.26. The van der Waals surface area contributed by atoms with Gasteiger partial charge >= 0.3 is 0 Å². The number of fused-ring (bicyclic) bond motifs is 1. The van der Waals surface area contributed by atoms with Crippen LogP contribution < -0.4 is 10.6 Å². The largest absolute Gasteiger partial charge is 0.351 e. The van der Waals surface area contributed by atoms with Crippen LogP contribution in [0.5, 0.6) is 0 Å². The van der Waals surface area contributed by atoms with E-state index in [9.17, 15) is 4.79 Å². The molecule has 17 heavy (non-hydrogen) atoms. The zero-order valence-corrected chi connectivity index (χ0v) is 10.9. The Morgan fingerprint density at radius 3 is 3.00 bits per heavy atom. The zero-order chi connectivity index (χ0) is 12.1. The molecule has 2 heterocycles. The normalized spacial score (nSPS) is 29.0. The van der Waals surface area contributed by atoms with Crippen LogP contribution in [-0.2, 0) is 4.79 Å². The molecule has 2 rings (SSSR count). The first-order valence-electron chi connectivity index (χ1n) is 7.05. The van der Waals surface area contributed by atoms with Crippen molar-refractivity contribution in [3.63, 3.8) is 0 Å². The van der Waals surface area contributed by atoms with E-state index in [0.717, 1.165) is 25.9 Å². The first kappa shape index (κ1) is 12.8. The summed E-state index contributed by atoms with van der Waals surface area (Å²) in [6.07, 6.45) is 6.11. The first-order chi connectivity index (χ1) is 8.31. The lowest BCUT2D eigenvalue weighted by molar-refractivity contribution is -0.121. The number of rotatable bonds is 5. The summed E-state index contributed by atoms with van der Waals surface area (Å²) in [5, 5.41) is 6.35. The summed E-state index contributed by atoms with van der Waals surface area (Å²) in [6.45, 7) is 5.90. The predicted molar refractivity (Wildman–Crippen MR) is 68.9 cm³/mol. The zero-order valence-electron chi connectivity index (χ0n) is 10.9. The Bertz CT molecular complexity index is 257. The second-order valence-electron chi connectivity index (χ2n) is 5.24. The van der Waals surface area contributed by atoms with Crippen LogP contribution in [0.25, 0.3) is 0 Å². The number of nitrogens with zero attached hydrogens (tertiary/aromatic N) is 1. The molecule has 2 aliphatic heterocycles. The summed E-state index contributed by atoms with van der Waals surface area (Å²) in [7, 11) is 0. The number of amides is 1. The molecule has 0 radical (unpaired) electrons. The highest BCUT2D eigenvalue weighted by Gasteiger charge is 2.35. The Morgan fingerprint density at radius 1 is 1.29 bits per heavy atom. The summed E-state index contributed by atoms with van der Waals surface area (Å²) in [5.41, 5.74) is 0. The third-order valence-electron chi connectivity index (χ3n) is 3.91. The standard InChI is InChI=1S/C13H25N3O/c1-2-7-14-10-13(17)15-11-6-9-16-8-4-3-5-12(11)16/h11-12,14H,2-10H2,1H3,(H,15,17). The molecule has 2 N–H and O–H groups in total. The van der Waals surface area contributed by atoms with E-state index in [2.05, 4.69) is 22.5 Å². The van der Waals surface area contributed by atoms with Gasteiger partial charge in [-0.25, -0.2) is 0 Å². The summed E-state index contributed by atoms with van der Waals surface area (Å²) < 4.78 is 0. The van der Waals surface area contributed by atoms with Gasteiger partial charge in [0.25, 0.3) is 0 Å². The Morgan fingerprint density at radius 2 is 2.18 bits per heavy atom. The molecule has 2 aliphatic rings. The van der Waals surface area contributed by atoms with Crippen LogP contribution in [0, 0.1) is 0 Å². The van der Waals surface area contributed by atoms with Crippen molar-refractivity contribution in [2.24, 2.45) is 0 Å². The molecular formula is C13H25N3O. The van der Waals surface area contributed by atoms with Crippen LogP contribution in [0.4, 0.5) is 0 Å². The van der Waals surface area contributed by atoms with Gasteiger partial charge in [-0.15, -0.1) is 0 Å². The number of carbonyl (C=O) groups excluding carboxylic acids is 1. The Balaban J connectivity index is 1.73. The van der Waals surface area contributed by atoms with Gasteiger partial charge < -0.3 is 10.6 Å². The molecule has 2 atom stereocenters. The topological polar surface area (TPSA) is 44.4 Å². The molecule has 4 nitrogen and oxygen atoms in total. The van der Waals surface area contributed by atoms with Gasteiger partial charge in [-0.1, -0.05) is 13.3 Å². The maximum absolute atomic E-state index is 11.8. The fourth-order valence-corrected chi connectivity index (χ4v) is 3.05. The Kier molecular flexibility index (Phi) is 4.80. The molecule has 4 heteroatoms. The molecule has 0 spiro atoms. The lowest BCUT2D eigenvalue weighted by Gasteiger charge is -2.32. The molecule has 0 saturated carbocycles. The highest BCUT2D eigenvalue weighted by atomic mass is 16.2. The third-order valence-corrected chi connectivity index (χ3v) is 3.91. The summed E-state index contributed by atoms with van der Waals surface area (Å²) in [5.74, 6) is 0.163. The second kappa shape index (κ2) is 6.36. The maximum Gasteiger partial charge on any atom is 0.234 e. The Hall–Kier alpha value is -0.610. The van der Waals surface area contributed by atoms with E-state index in [1.54, 1.807) is 0 Å². The van der Waals surface area contributed by atoms with E-state index in [-0.39, 0.29) is 5.91 Å². The molecule has 98 valence electrons. The minimum Gasteiger partial charge on any atom is -0.351 e. The van der Waals surface area contributed by atoms with E-state index in [1.165, 1.54) is 25.8 Å². The summed E-state index contributed by atoms with van der Waals surface area (Å²) in [6, 6.07) is 1.00. The Labute approximate surface area is 104 Å². The molecule has 2 saturated heterocycles. The number of hydrogen-bond acceptors (Lipinski definition) is 3. The number of piperidine rings is 1. The lowest BCUT2D eigenvalue weighted by Crippen LogP contribution is -2.48. The van der Waals surface area contributed by atoms with Gasteiger partial charge in [-0.3, -0.25) is 9.69 Å². The smallest absolute Gasteiger partial charge is 0.234 e. The second-order valence-corrected chi connectivity index (χ2v) is 5.24. The van der Waals surface area contributed by atoms with Crippen molar-refractivity contribution in [1.29, 1.82) is 0 Å². The molecule has 2 fully saturated rings. The molecule has 0 aromatic carbocycles. The first-order valence-corrected chi connectivity index (χ1v) is 7.05. The number of nitrogens with one attached hydrogen (secondary N) is 2. The van der Waals surface area contributed by atoms with Gasteiger partial charge in [-0.2, -0.15) is 0 Å². The van der Waals surface area contributed by atoms with Gasteiger partial charge in [0.1, 0.15) is 0 Å². The van der Waals surface area contributed by atoms with Crippen LogP contribution in [0.15, 0.2) is 0 Å². The van der Waals surface area contributed by atoms with E-state index in [1.807, 2.05) is 0 Å².